The van der Waals surface area contributed by atoms with Crippen molar-refractivity contribution in [2.45, 2.75) is 24.9 Å². The van der Waals surface area contributed by atoms with E-state index in [9.17, 15) is 9.18 Å². The summed E-state index contributed by atoms with van der Waals surface area (Å²) in [6, 6.07) is 6.36. The molecule has 0 saturated carbocycles. The lowest BCUT2D eigenvalue weighted by atomic mass is 9.82. The van der Waals surface area contributed by atoms with Crippen LogP contribution in [0.5, 0.6) is 0 Å². The Morgan fingerprint density at radius 3 is 2.79 bits per heavy atom. The standard InChI is InChI=1S/C16H18FN3O2S.ClH/c17-12-3-1-2-11(8-12)16(4-6-22-7-5-16)20-15(21)13-10-23-14(9-18)19-13;/h1-3,8,10H,4-7,9,18H2,(H,20,21);1H. The van der Waals surface area contributed by atoms with Gasteiger partial charge in [0.05, 0.1) is 5.54 Å². The maximum atomic E-state index is 13.6. The summed E-state index contributed by atoms with van der Waals surface area (Å²) in [5, 5.41) is 5.45. The van der Waals surface area contributed by atoms with E-state index in [0.717, 1.165) is 5.56 Å². The molecule has 0 unspecified atom stereocenters. The van der Waals surface area contributed by atoms with Crippen molar-refractivity contribution in [2.75, 3.05) is 13.2 Å². The molecule has 3 rings (SSSR count). The molecule has 24 heavy (non-hydrogen) atoms. The van der Waals surface area contributed by atoms with Gasteiger partial charge in [-0.15, -0.1) is 23.7 Å². The summed E-state index contributed by atoms with van der Waals surface area (Å²) >= 11 is 1.36. The Kier molecular flexibility index (Phi) is 6.28. The van der Waals surface area contributed by atoms with Crippen molar-refractivity contribution in [3.63, 3.8) is 0 Å². The molecule has 0 aliphatic carbocycles. The summed E-state index contributed by atoms with van der Waals surface area (Å²) in [6.45, 7) is 1.34. The molecule has 0 atom stereocenters. The summed E-state index contributed by atoms with van der Waals surface area (Å²) in [5.41, 5.74) is 6.00. The van der Waals surface area contributed by atoms with E-state index in [1.165, 1.54) is 23.5 Å². The van der Waals surface area contributed by atoms with Gasteiger partial charge in [-0.1, -0.05) is 12.1 Å². The number of carbonyl (C=O) groups excluding carboxylic acids is 1. The summed E-state index contributed by atoms with van der Waals surface area (Å²) in [6.07, 6.45) is 1.19. The lowest BCUT2D eigenvalue weighted by molar-refractivity contribution is 0.0343. The number of rotatable bonds is 4. The molecule has 0 spiro atoms. The Balaban J connectivity index is 0.00000208. The first-order valence-corrected chi connectivity index (χ1v) is 8.32. The zero-order valence-corrected chi connectivity index (χ0v) is 14.6. The van der Waals surface area contributed by atoms with Gasteiger partial charge in [-0.3, -0.25) is 4.79 Å². The number of amides is 1. The van der Waals surface area contributed by atoms with Gasteiger partial charge in [-0.25, -0.2) is 9.37 Å². The Morgan fingerprint density at radius 2 is 2.17 bits per heavy atom. The maximum absolute atomic E-state index is 13.6. The van der Waals surface area contributed by atoms with Gasteiger partial charge in [0.1, 0.15) is 16.5 Å². The lowest BCUT2D eigenvalue weighted by Gasteiger charge is -2.38. The number of thiazole rings is 1. The van der Waals surface area contributed by atoms with Gasteiger partial charge in [-0.05, 0) is 30.5 Å². The molecule has 2 heterocycles. The number of carbonyl (C=O) groups is 1. The first-order chi connectivity index (χ1) is 11.1. The van der Waals surface area contributed by atoms with Crippen LogP contribution in [-0.2, 0) is 16.8 Å². The molecule has 0 radical (unpaired) electrons. The molecule has 1 aliphatic heterocycles. The number of halogens is 2. The minimum atomic E-state index is -0.635. The molecule has 1 aliphatic rings. The second-order valence-electron chi connectivity index (χ2n) is 5.49. The van der Waals surface area contributed by atoms with Crippen molar-refractivity contribution in [3.8, 4) is 0 Å². The Bertz CT molecular complexity index is 704. The minimum Gasteiger partial charge on any atom is -0.381 e. The largest absolute Gasteiger partial charge is 0.381 e. The van der Waals surface area contributed by atoms with Gasteiger partial charge in [0, 0.05) is 25.1 Å². The molecule has 1 saturated heterocycles. The van der Waals surface area contributed by atoms with Crippen LogP contribution in [0.3, 0.4) is 0 Å². The third-order valence-electron chi connectivity index (χ3n) is 4.04. The number of nitrogens with two attached hydrogens (primary N) is 1. The average molecular weight is 372 g/mol. The van der Waals surface area contributed by atoms with Crippen LogP contribution in [0.2, 0.25) is 0 Å². The second kappa shape index (κ2) is 8.02. The number of hydrogen-bond acceptors (Lipinski definition) is 5. The lowest BCUT2D eigenvalue weighted by Crippen LogP contribution is -2.49. The predicted molar refractivity (Wildman–Crippen MR) is 92.9 cm³/mol. The molecule has 3 N–H and O–H groups in total. The van der Waals surface area contributed by atoms with E-state index in [0.29, 0.717) is 43.3 Å². The van der Waals surface area contributed by atoms with Crippen LogP contribution in [0.1, 0.15) is 33.9 Å². The number of ether oxygens (including phenoxy) is 1. The van der Waals surface area contributed by atoms with Crippen molar-refractivity contribution < 1.29 is 13.9 Å². The number of hydrogen-bond donors (Lipinski definition) is 2. The molecular weight excluding hydrogens is 353 g/mol. The molecule has 1 aromatic carbocycles. The average Bonchev–Trinajstić information content (AvgIpc) is 3.05. The van der Waals surface area contributed by atoms with E-state index in [1.54, 1.807) is 11.4 Å². The van der Waals surface area contributed by atoms with E-state index in [1.807, 2.05) is 6.07 Å². The summed E-state index contributed by atoms with van der Waals surface area (Å²) < 4.78 is 19.0. The molecule has 1 amide bonds. The van der Waals surface area contributed by atoms with Gasteiger partial charge in [0.25, 0.3) is 5.91 Å². The Hall–Kier alpha value is -1.54. The zero-order chi connectivity index (χ0) is 16.3. The quantitative estimate of drug-likeness (QED) is 0.866. The SMILES string of the molecule is Cl.NCc1nc(C(=O)NC2(c3cccc(F)c3)CCOCC2)cs1. The maximum Gasteiger partial charge on any atom is 0.271 e. The molecule has 2 aromatic rings. The van der Waals surface area contributed by atoms with E-state index >= 15 is 0 Å². The highest BCUT2D eigenvalue weighted by Crippen LogP contribution is 2.33. The molecule has 8 heteroatoms. The van der Waals surface area contributed by atoms with Gasteiger partial charge in [0.15, 0.2) is 0 Å². The Morgan fingerprint density at radius 1 is 1.42 bits per heavy atom. The molecule has 1 fully saturated rings. The highest BCUT2D eigenvalue weighted by molar-refractivity contribution is 7.09. The number of nitrogens with zero attached hydrogens (tertiary/aromatic N) is 1. The Labute approximate surface area is 149 Å². The smallest absolute Gasteiger partial charge is 0.271 e. The van der Waals surface area contributed by atoms with Crippen LogP contribution < -0.4 is 11.1 Å². The molecule has 1 aromatic heterocycles. The van der Waals surface area contributed by atoms with Gasteiger partial charge < -0.3 is 15.8 Å². The number of aromatic nitrogens is 1. The summed E-state index contributed by atoms with van der Waals surface area (Å²) in [5.74, 6) is -0.589. The third-order valence-corrected chi connectivity index (χ3v) is 4.91. The van der Waals surface area contributed by atoms with Crippen LogP contribution in [0, 0.1) is 5.82 Å². The van der Waals surface area contributed by atoms with Crippen LogP contribution in [0.4, 0.5) is 4.39 Å². The van der Waals surface area contributed by atoms with Crippen LogP contribution in [-0.4, -0.2) is 24.1 Å². The van der Waals surface area contributed by atoms with Gasteiger partial charge in [0.2, 0.25) is 0 Å². The van der Waals surface area contributed by atoms with Crippen molar-refractivity contribution >= 4 is 29.7 Å². The highest BCUT2D eigenvalue weighted by Gasteiger charge is 2.36. The van der Waals surface area contributed by atoms with Crippen molar-refractivity contribution in [2.24, 2.45) is 5.73 Å². The normalized spacial score (nSPS) is 16.2. The van der Waals surface area contributed by atoms with Crippen molar-refractivity contribution in [3.05, 3.63) is 51.7 Å². The third kappa shape index (κ3) is 3.92. The highest BCUT2D eigenvalue weighted by atomic mass is 35.5. The second-order valence-corrected chi connectivity index (χ2v) is 6.43. The zero-order valence-electron chi connectivity index (χ0n) is 13.0. The number of nitrogens with one attached hydrogen (secondary N) is 1. The van der Waals surface area contributed by atoms with E-state index in [-0.39, 0.29) is 24.1 Å². The first kappa shape index (κ1) is 18.8. The summed E-state index contributed by atoms with van der Waals surface area (Å²) in [7, 11) is 0. The molecule has 130 valence electrons. The fraction of sp³-hybridized carbons (Fsp3) is 0.375. The molecule has 5 nitrogen and oxygen atoms in total. The van der Waals surface area contributed by atoms with Gasteiger partial charge >= 0.3 is 0 Å². The first-order valence-electron chi connectivity index (χ1n) is 7.44. The fourth-order valence-corrected chi connectivity index (χ4v) is 3.44. The van der Waals surface area contributed by atoms with Crippen LogP contribution >= 0.6 is 23.7 Å². The predicted octanol–water partition coefficient (Wildman–Crippen LogP) is 2.60. The fourth-order valence-electron chi connectivity index (χ4n) is 2.78. The van der Waals surface area contributed by atoms with E-state index < -0.39 is 5.54 Å². The molecular formula is C16H19ClFN3O2S. The van der Waals surface area contributed by atoms with E-state index in [4.69, 9.17) is 10.5 Å². The topological polar surface area (TPSA) is 77.2 Å². The van der Waals surface area contributed by atoms with Crippen molar-refractivity contribution in [1.82, 2.24) is 10.3 Å². The van der Waals surface area contributed by atoms with Crippen molar-refractivity contribution in [1.29, 1.82) is 0 Å². The van der Waals surface area contributed by atoms with E-state index in [2.05, 4.69) is 10.3 Å². The van der Waals surface area contributed by atoms with Gasteiger partial charge in [-0.2, -0.15) is 0 Å². The summed E-state index contributed by atoms with van der Waals surface area (Å²) in [4.78, 5) is 16.8. The van der Waals surface area contributed by atoms with Crippen LogP contribution in [0.25, 0.3) is 0 Å². The number of benzene rings is 1. The van der Waals surface area contributed by atoms with Crippen LogP contribution in [0.15, 0.2) is 29.6 Å². The molecule has 0 bridgehead atoms. The monoisotopic (exact) mass is 371 g/mol. The minimum absolute atomic E-state index is 0.